The van der Waals surface area contributed by atoms with Crippen LogP contribution in [0.4, 0.5) is 22.7 Å². The molecule has 0 aromatic heterocycles. The number of hydrogen-bond acceptors (Lipinski definition) is 6. The Morgan fingerprint density at radius 2 is 1.50 bits per heavy atom. The summed E-state index contributed by atoms with van der Waals surface area (Å²) < 4.78 is 28.4. The van der Waals surface area contributed by atoms with Crippen LogP contribution in [-0.4, -0.2) is 26.3 Å². The van der Waals surface area contributed by atoms with Crippen LogP contribution in [0.3, 0.4) is 0 Å². The van der Waals surface area contributed by atoms with Gasteiger partial charge in [-0.15, -0.1) is 0 Å². The summed E-state index contributed by atoms with van der Waals surface area (Å²) in [6, 6.07) is 25.9. The summed E-state index contributed by atoms with van der Waals surface area (Å²) in [6.07, 6.45) is 0.436. The second-order valence-corrected chi connectivity index (χ2v) is 10.1. The van der Waals surface area contributed by atoms with Gasteiger partial charge in [-0.2, -0.15) is 4.31 Å². The molecule has 1 aliphatic heterocycles. The van der Waals surface area contributed by atoms with Crippen LogP contribution in [0, 0.1) is 10.1 Å². The summed E-state index contributed by atoms with van der Waals surface area (Å²) in [4.78, 5) is 26.4. The normalized spacial score (nSPS) is 12.4. The van der Waals surface area contributed by atoms with Crippen molar-refractivity contribution in [3.8, 4) is 0 Å². The van der Waals surface area contributed by atoms with E-state index >= 15 is 0 Å². The summed E-state index contributed by atoms with van der Waals surface area (Å²) in [5.74, 6) is -0.788. The van der Waals surface area contributed by atoms with Gasteiger partial charge in [0.15, 0.2) is 4.90 Å². The van der Waals surface area contributed by atoms with Gasteiger partial charge < -0.3 is 4.90 Å². The molecule has 4 aromatic rings. The first-order chi connectivity index (χ1) is 17.3. The van der Waals surface area contributed by atoms with Gasteiger partial charge in [0.2, 0.25) is 0 Å². The molecule has 1 amide bonds. The minimum atomic E-state index is -4.65. The van der Waals surface area contributed by atoms with Gasteiger partial charge in [0.1, 0.15) is 0 Å². The van der Waals surface area contributed by atoms with Crippen LogP contribution >= 0.6 is 0 Å². The fraction of sp³-hybridized carbons (Fsp3) is 0.0741. The minimum absolute atomic E-state index is 0.0859. The zero-order valence-corrected chi connectivity index (χ0v) is 20.1. The lowest BCUT2D eigenvalue weighted by atomic mass is 9.92. The summed E-state index contributed by atoms with van der Waals surface area (Å²) in [5, 5.41) is 11.6. The number of amides is 1. The Bertz CT molecular complexity index is 1600. The average molecular weight is 500 g/mol. The molecule has 0 saturated carbocycles. The van der Waals surface area contributed by atoms with Crippen LogP contribution < -0.4 is 9.21 Å². The van der Waals surface area contributed by atoms with Crippen molar-refractivity contribution in [2.75, 3.05) is 16.3 Å². The van der Waals surface area contributed by atoms with Gasteiger partial charge in [-0.25, -0.2) is 8.42 Å². The molecule has 180 valence electrons. The first-order valence-corrected chi connectivity index (χ1v) is 12.6. The Morgan fingerprint density at radius 1 is 0.861 bits per heavy atom. The number of nitrogens with zero attached hydrogens (tertiary/aromatic N) is 3. The van der Waals surface area contributed by atoms with E-state index in [1.807, 2.05) is 42.3 Å². The molecule has 0 bridgehead atoms. The van der Waals surface area contributed by atoms with Crippen LogP contribution in [0.2, 0.25) is 0 Å². The lowest BCUT2D eigenvalue weighted by molar-refractivity contribution is -0.387. The van der Waals surface area contributed by atoms with Crippen molar-refractivity contribution >= 4 is 38.7 Å². The standard InChI is InChI=1S/C27H21N3O5S/c1-28-23-14-6-5-10-19(23)18-22-21(13-9-16-24(22)28)27(31)29(20-11-3-2-4-12-20)36(34,35)26-17-8-7-15-25(26)30(32)33/h2-17H,18H2,1H3. The minimum Gasteiger partial charge on any atom is -0.344 e. The quantitative estimate of drug-likeness (QED) is 0.273. The Kier molecular flexibility index (Phi) is 5.77. The number of rotatable bonds is 5. The first-order valence-electron chi connectivity index (χ1n) is 11.1. The van der Waals surface area contributed by atoms with Gasteiger partial charge in [-0.05, 0) is 47.5 Å². The van der Waals surface area contributed by atoms with Crippen LogP contribution in [0.1, 0.15) is 21.5 Å². The highest BCUT2D eigenvalue weighted by molar-refractivity contribution is 7.93. The monoisotopic (exact) mass is 499 g/mol. The fourth-order valence-electron chi connectivity index (χ4n) is 4.55. The van der Waals surface area contributed by atoms with Gasteiger partial charge in [-0.3, -0.25) is 14.9 Å². The largest absolute Gasteiger partial charge is 0.344 e. The lowest BCUT2D eigenvalue weighted by Gasteiger charge is -2.32. The van der Waals surface area contributed by atoms with E-state index in [0.29, 0.717) is 16.3 Å². The van der Waals surface area contributed by atoms with E-state index in [9.17, 15) is 23.3 Å². The van der Waals surface area contributed by atoms with Crippen molar-refractivity contribution in [2.24, 2.45) is 0 Å². The molecule has 0 saturated heterocycles. The van der Waals surface area contributed by atoms with E-state index in [0.717, 1.165) is 29.1 Å². The van der Waals surface area contributed by atoms with E-state index in [2.05, 4.69) is 0 Å². The number of sulfonamides is 1. The molecule has 1 heterocycles. The van der Waals surface area contributed by atoms with Crippen LogP contribution in [0.15, 0.2) is 102 Å². The zero-order valence-electron chi connectivity index (χ0n) is 19.2. The number of nitro benzene ring substituents is 1. The number of benzene rings is 4. The molecule has 5 rings (SSSR count). The zero-order chi connectivity index (χ0) is 25.4. The average Bonchev–Trinajstić information content (AvgIpc) is 2.89. The molecule has 0 radical (unpaired) electrons. The van der Waals surface area contributed by atoms with Crippen molar-refractivity contribution in [3.05, 3.63) is 124 Å². The van der Waals surface area contributed by atoms with Crippen LogP contribution in [0.5, 0.6) is 0 Å². The van der Waals surface area contributed by atoms with Crippen molar-refractivity contribution < 1.29 is 18.1 Å². The Labute approximate surface area is 208 Å². The number of carbonyl (C=O) groups excluding carboxylic acids is 1. The molecule has 0 aliphatic carbocycles. The van der Waals surface area contributed by atoms with E-state index in [4.69, 9.17) is 0 Å². The highest BCUT2D eigenvalue weighted by Crippen LogP contribution is 2.40. The third-order valence-electron chi connectivity index (χ3n) is 6.22. The molecule has 0 spiro atoms. The molecule has 4 aromatic carbocycles. The van der Waals surface area contributed by atoms with E-state index in [-0.39, 0.29) is 11.3 Å². The highest BCUT2D eigenvalue weighted by atomic mass is 32.2. The number of carbonyl (C=O) groups is 1. The second kappa shape index (κ2) is 8.94. The van der Waals surface area contributed by atoms with Crippen molar-refractivity contribution in [2.45, 2.75) is 11.3 Å². The third kappa shape index (κ3) is 3.79. The Balaban J connectivity index is 1.69. The molecule has 1 aliphatic rings. The maximum atomic E-state index is 14.1. The third-order valence-corrected chi connectivity index (χ3v) is 7.98. The number of anilines is 3. The predicted octanol–water partition coefficient (Wildman–Crippen LogP) is 5.30. The maximum Gasteiger partial charge on any atom is 0.289 e. The van der Waals surface area contributed by atoms with Gasteiger partial charge in [-0.1, -0.05) is 54.6 Å². The molecule has 36 heavy (non-hydrogen) atoms. The predicted molar refractivity (Wildman–Crippen MR) is 137 cm³/mol. The molecule has 9 heteroatoms. The van der Waals surface area contributed by atoms with E-state index < -0.39 is 31.4 Å². The van der Waals surface area contributed by atoms with Crippen molar-refractivity contribution in [3.63, 3.8) is 0 Å². The second-order valence-electron chi connectivity index (χ2n) is 8.30. The summed E-state index contributed by atoms with van der Waals surface area (Å²) >= 11 is 0. The van der Waals surface area contributed by atoms with Gasteiger partial charge in [0.05, 0.1) is 10.6 Å². The van der Waals surface area contributed by atoms with Crippen molar-refractivity contribution in [1.29, 1.82) is 0 Å². The fourth-order valence-corrected chi connectivity index (χ4v) is 6.12. The summed E-state index contributed by atoms with van der Waals surface area (Å²) in [6.45, 7) is 0. The number of para-hydroxylation sites is 3. The molecule has 0 unspecified atom stereocenters. The topological polar surface area (TPSA) is 101 Å². The smallest absolute Gasteiger partial charge is 0.289 e. The molecular weight excluding hydrogens is 478 g/mol. The lowest BCUT2D eigenvalue weighted by Crippen LogP contribution is -2.38. The molecule has 8 nitrogen and oxygen atoms in total. The summed E-state index contributed by atoms with van der Waals surface area (Å²) in [7, 11) is -2.76. The number of nitro groups is 1. The SMILES string of the molecule is CN1c2ccccc2Cc2c(C(=O)N(c3ccccc3)S(=O)(=O)c3ccccc3[N+](=O)[O-])cccc21. The van der Waals surface area contributed by atoms with Crippen molar-refractivity contribution in [1.82, 2.24) is 0 Å². The number of fused-ring (bicyclic) bond motifs is 2. The molecule has 0 fully saturated rings. The van der Waals surface area contributed by atoms with Gasteiger partial charge in [0.25, 0.3) is 21.6 Å². The molecule has 0 atom stereocenters. The molecule has 0 N–H and O–H groups in total. The Hall–Kier alpha value is -4.50. The highest BCUT2D eigenvalue weighted by Gasteiger charge is 2.38. The molecular formula is C27H21N3O5S. The van der Waals surface area contributed by atoms with E-state index in [1.54, 1.807) is 30.3 Å². The van der Waals surface area contributed by atoms with Crippen LogP contribution in [-0.2, 0) is 16.4 Å². The first kappa shape index (κ1) is 23.3. The maximum absolute atomic E-state index is 14.1. The number of hydrogen-bond donors (Lipinski definition) is 0. The van der Waals surface area contributed by atoms with E-state index in [1.165, 1.54) is 24.3 Å². The van der Waals surface area contributed by atoms with Gasteiger partial charge >= 0.3 is 0 Å². The Morgan fingerprint density at radius 3 is 2.25 bits per heavy atom. The summed E-state index contributed by atoms with van der Waals surface area (Å²) in [5.41, 5.74) is 3.17. The van der Waals surface area contributed by atoms with Gasteiger partial charge in [0, 0.05) is 36.5 Å². The van der Waals surface area contributed by atoms with Crippen LogP contribution in [0.25, 0.3) is 0 Å².